The Labute approximate surface area is 133 Å². The number of hydrogen-bond donors (Lipinski definition) is 0. The van der Waals surface area contributed by atoms with Gasteiger partial charge in [0, 0.05) is 25.5 Å². The number of halogens is 2. The van der Waals surface area contributed by atoms with E-state index in [4.69, 9.17) is 16.3 Å². The first kappa shape index (κ1) is 15.2. The molecule has 2 aromatic rings. The molecule has 6 heteroatoms. The van der Waals surface area contributed by atoms with Gasteiger partial charge in [-0.2, -0.15) is 0 Å². The summed E-state index contributed by atoms with van der Waals surface area (Å²) in [4.78, 5) is 10.5. The Balaban J connectivity index is 1.59. The predicted octanol–water partition coefficient (Wildman–Crippen LogP) is 3.31. The summed E-state index contributed by atoms with van der Waals surface area (Å²) in [5, 5.41) is 0.634. The zero-order chi connectivity index (χ0) is 15.4. The third-order valence-corrected chi connectivity index (χ3v) is 3.86. The van der Waals surface area contributed by atoms with Crippen LogP contribution in [0.5, 0.6) is 5.88 Å². The van der Waals surface area contributed by atoms with Crippen LogP contribution in [0.1, 0.15) is 18.5 Å². The fourth-order valence-corrected chi connectivity index (χ4v) is 2.71. The summed E-state index contributed by atoms with van der Waals surface area (Å²) in [7, 11) is 0. The lowest BCUT2D eigenvalue weighted by Crippen LogP contribution is -2.41. The van der Waals surface area contributed by atoms with Crippen molar-refractivity contribution in [1.29, 1.82) is 0 Å². The molecule has 0 aromatic carbocycles. The molecule has 22 heavy (non-hydrogen) atoms. The van der Waals surface area contributed by atoms with Crippen LogP contribution in [0.4, 0.5) is 4.39 Å². The van der Waals surface area contributed by atoms with Gasteiger partial charge in [0.1, 0.15) is 6.10 Å². The second-order valence-corrected chi connectivity index (χ2v) is 5.81. The number of nitrogens with zero attached hydrogens (tertiary/aromatic N) is 3. The van der Waals surface area contributed by atoms with E-state index < -0.39 is 5.82 Å². The van der Waals surface area contributed by atoms with E-state index in [0.29, 0.717) is 5.02 Å². The van der Waals surface area contributed by atoms with Crippen molar-refractivity contribution in [3.8, 4) is 5.88 Å². The van der Waals surface area contributed by atoms with Gasteiger partial charge in [0.05, 0.1) is 10.7 Å². The largest absolute Gasteiger partial charge is 0.471 e. The highest BCUT2D eigenvalue weighted by atomic mass is 35.5. The molecule has 0 aliphatic carbocycles. The van der Waals surface area contributed by atoms with E-state index in [2.05, 4.69) is 14.9 Å². The average molecular weight is 322 g/mol. The number of rotatable bonds is 4. The van der Waals surface area contributed by atoms with Crippen molar-refractivity contribution in [1.82, 2.24) is 14.9 Å². The van der Waals surface area contributed by atoms with Crippen LogP contribution in [0.3, 0.4) is 0 Å². The van der Waals surface area contributed by atoms with E-state index in [-0.39, 0.29) is 12.0 Å². The van der Waals surface area contributed by atoms with Gasteiger partial charge in [0.15, 0.2) is 5.82 Å². The Kier molecular flexibility index (Phi) is 4.85. The van der Waals surface area contributed by atoms with E-state index in [0.717, 1.165) is 38.2 Å². The minimum Gasteiger partial charge on any atom is -0.471 e. The Morgan fingerprint density at radius 3 is 3.00 bits per heavy atom. The van der Waals surface area contributed by atoms with E-state index in [1.54, 1.807) is 12.3 Å². The van der Waals surface area contributed by atoms with Crippen LogP contribution < -0.4 is 4.74 Å². The van der Waals surface area contributed by atoms with Crippen LogP contribution in [0.25, 0.3) is 0 Å². The molecule has 3 heterocycles. The van der Waals surface area contributed by atoms with E-state index in [1.807, 2.05) is 12.1 Å². The van der Waals surface area contributed by atoms with Gasteiger partial charge in [-0.05, 0) is 43.7 Å². The Morgan fingerprint density at radius 1 is 1.32 bits per heavy atom. The lowest BCUT2D eigenvalue weighted by atomic mass is 10.1. The quantitative estimate of drug-likeness (QED) is 0.866. The second kappa shape index (κ2) is 7.03. The van der Waals surface area contributed by atoms with Crippen LogP contribution in [0, 0.1) is 5.82 Å². The summed E-state index contributed by atoms with van der Waals surface area (Å²) in [5.74, 6) is -0.335. The van der Waals surface area contributed by atoms with Crippen LogP contribution in [-0.2, 0) is 6.54 Å². The van der Waals surface area contributed by atoms with E-state index in [9.17, 15) is 4.39 Å². The molecule has 0 amide bonds. The highest BCUT2D eigenvalue weighted by molar-refractivity contribution is 6.30. The molecule has 1 aliphatic rings. The predicted molar refractivity (Wildman–Crippen MR) is 82.4 cm³/mol. The van der Waals surface area contributed by atoms with Gasteiger partial charge < -0.3 is 4.74 Å². The lowest BCUT2D eigenvalue weighted by molar-refractivity contribution is 0.0768. The van der Waals surface area contributed by atoms with Crippen molar-refractivity contribution in [3.63, 3.8) is 0 Å². The van der Waals surface area contributed by atoms with Crippen molar-refractivity contribution < 1.29 is 9.13 Å². The van der Waals surface area contributed by atoms with Gasteiger partial charge >= 0.3 is 0 Å². The number of hydrogen-bond acceptors (Lipinski definition) is 4. The molecule has 116 valence electrons. The third-order valence-electron chi connectivity index (χ3n) is 3.64. The molecule has 1 fully saturated rings. The molecule has 0 saturated carbocycles. The van der Waals surface area contributed by atoms with E-state index >= 15 is 0 Å². The van der Waals surface area contributed by atoms with Crippen molar-refractivity contribution >= 4 is 11.6 Å². The third kappa shape index (κ3) is 3.93. The molecular weight excluding hydrogens is 305 g/mol. The number of likely N-dealkylation sites (tertiary alicyclic amines) is 1. The molecular formula is C16H17ClFN3O. The second-order valence-electron chi connectivity index (χ2n) is 5.38. The molecule has 0 N–H and O–H groups in total. The highest BCUT2D eigenvalue weighted by Gasteiger charge is 2.23. The molecule has 0 bridgehead atoms. The van der Waals surface area contributed by atoms with E-state index in [1.165, 1.54) is 12.3 Å². The minimum absolute atomic E-state index is 0.0505. The lowest BCUT2D eigenvalue weighted by Gasteiger charge is -2.32. The van der Waals surface area contributed by atoms with Crippen LogP contribution in [-0.4, -0.2) is 34.1 Å². The number of ether oxygens (including phenoxy) is 1. The molecule has 0 radical (unpaired) electrons. The van der Waals surface area contributed by atoms with Crippen molar-refractivity contribution in [2.24, 2.45) is 0 Å². The first-order chi connectivity index (χ1) is 10.7. The maximum absolute atomic E-state index is 13.6. The monoisotopic (exact) mass is 321 g/mol. The maximum Gasteiger partial charge on any atom is 0.250 e. The maximum atomic E-state index is 13.6. The zero-order valence-electron chi connectivity index (χ0n) is 12.1. The normalized spacial score (nSPS) is 19.1. The number of piperidine rings is 1. The summed E-state index contributed by atoms with van der Waals surface area (Å²) in [6, 6.07) is 6.68. The van der Waals surface area contributed by atoms with Gasteiger partial charge in [0.2, 0.25) is 0 Å². The number of aromatic nitrogens is 2. The van der Waals surface area contributed by atoms with Crippen LogP contribution in [0.2, 0.25) is 5.02 Å². The van der Waals surface area contributed by atoms with Gasteiger partial charge in [-0.25, -0.2) is 9.37 Å². The summed E-state index contributed by atoms with van der Waals surface area (Å²) in [6.45, 7) is 2.46. The average Bonchev–Trinajstić information content (AvgIpc) is 2.52. The fraction of sp³-hybridized carbons (Fsp3) is 0.375. The molecule has 1 atom stereocenters. The molecule has 0 spiro atoms. The standard InChI is InChI=1S/C16H17ClFN3O/c17-12-5-6-13(20-9-12)10-21-8-2-3-14(11-21)22-16-15(18)4-1-7-19-16/h1,4-7,9,14H,2-3,8,10-11H2. The summed E-state index contributed by atoms with van der Waals surface area (Å²) < 4.78 is 19.3. The van der Waals surface area contributed by atoms with Gasteiger partial charge in [-0.3, -0.25) is 9.88 Å². The van der Waals surface area contributed by atoms with Gasteiger partial charge in [-0.15, -0.1) is 0 Å². The Hall–Kier alpha value is -1.72. The molecule has 2 aromatic heterocycles. The smallest absolute Gasteiger partial charge is 0.250 e. The molecule has 1 unspecified atom stereocenters. The van der Waals surface area contributed by atoms with Gasteiger partial charge in [-0.1, -0.05) is 11.6 Å². The molecule has 1 aliphatic heterocycles. The summed E-state index contributed by atoms with van der Waals surface area (Å²) >= 11 is 5.84. The van der Waals surface area contributed by atoms with Crippen molar-refractivity contribution in [3.05, 3.63) is 53.2 Å². The van der Waals surface area contributed by atoms with Crippen molar-refractivity contribution in [2.75, 3.05) is 13.1 Å². The summed E-state index contributed by atoms with van der Waals surface area (Å²) in [5.41, 5.74) is 0.967. The Morgan fingerprint density at radius 2 is 2.23 bits per heavy atom. The fourth-order valence-electron chi connectivity index (χ4n) is 2.60. The Bertz CT molecular complexity index is 623. The number of pyridine rings is 2. The van der Waals surface area contributed by atoms with Crippen molar-refractivity contribution in [2.45, 2.75) is 25.5 Å². The zero-order valence-corrected chi connectivity index (χ0v) is 12.8. The summed E-state index contributed by atoms with van der Waals surface area (Å²) in [6.07, 6.45) is 5.05. The highest BCUT2D eigenvalue weighted by Crippen LogP contribution is 2.20. The van der Waals surface area contributed by atoms with Gasteiger partial charge in [0.25, 0.3) is 5.88 Å². The van der Waals surface area contributed by atoms with Crippen LogP contribution >= 0.6 is 11.6 Å². The minimum atomic E-state index is -0.418. The molecule has 3 rings (SSSR count). The molecule has 1 saturated heterocycles. The molecule has 4 nitrogen and oxygen atoms in total. The SMILES string of the molecule is Fc1cccnc1OC1CCCN(Cc2ccc(Cl)cn2)C1. The van der Waals surface area contributed by atoms with Crippen LogP contribution in [0.15, 0.2) is 36.7 Å². The first-order valence-corrected chi connectivity index (χ1v) is 7.68. The topological polar surface area (TPSA) is 38.2 Å². The first-order valence-electron chi connectivity index (χ1n) is 7.30.